The molecule has 9 heteroatoms. The fourth-order valence-corrected chi connectivity index (χ4v) is 4.69. The monoisotopic (exact) mass is 436 g/mol. The Morgan fingerprint density at radius 1 is 1.17 bits per heavy atom. The average molecular weight is 437 g/mol. The third kappa shape index (κ3) is 5.54. The molecule has 0 spiro atoms. The van der Waals surface area contributed by atoms with Crippen LogP contribution < -0.4 is 4.72 Å². The number of rotatable bonds is 6. The van der Waals surface area contributed by atoms with E-state index in [1.165, 1.54) is 18.2 Å². The van der Waals surface area contributed by atoms with Crippen LogP contribution >= 0.6 is 11.6 Å². The number of piperazine rings is 1. The molecule has 1 aliphatic heterocycles. The second kappa shape index (κ2) is 9.21. The van der Waals surface area contributed by atoms with Gasteiger partial charge in [0, 0.05) is 45.0 Å². The van der Waals surface area contributed by atoms with Crippen LogP contribution in [0.15, 0.2) is 47.5 Å². The van der Waals surface area contributed by atoms with Crippen molar-refractivity contribution in [3.8, 4) is 0 Å². The molecule has 156 valence electrons. The quantitative estimate of drug-likeness (QED) is 0.751. The molecule has 2 aromatic rings. The van der Waals surface area contributed by atoms with Crippen LogP contribution in [-0.4, -0.2) is 61.3 Å². The largest absolute Gasteiger partial charge is 0.336 e. The first-order valence-electron chi connectivity index (χ1n) is 9.49. The highest BCUT2D eigenvalue weighted by atomic mass is 35.5. The van der Waals surface area contributed by atoms with Gasteiger partial charge >= 0.3 is 0 Å². The Labute approximate surface area is 176 Å². The maximum Gasteiger partial charge on any atom is 0.255 e. The summed E-state index contributed by atoms with van der Waals surface area (Å²) in [6.07, 6.45) is 1.77. The summed E-state index contributed by atoms with van der Waals surface area (Å²) in [6, 6.07) is 9.80. The second-order valence-corrected chi connectivity index (χ2v) is 9.43. The molecule has 1 aromatic heterocycles. The first kappa shape index (κ1) is 21.7. The van der Waals surface area contributed by atoms with Gasteiger partial charge in [-0.3, -0.25) is 14.7 Å². The lowest BCUT2D eigenvalue weighted by Crippen LogP contribution is -2.48. The Hall–Kier alpha value is -2.00. The number of halogens is 1. The number of carbonyl (C=O) groups excluding carboxylic acids is 1. The van der Waals surface area contributed by atoms with Gasteiger partial charge in [-0.2, -0.15) is 0 Å². The Morgan fingerprint density at radius 3 is 2.52 bits per heavy atom. The summed E-state index contributed by atoms with van der Waals surface area (Å²) >= 11 is 6.22. The predicted octanol–water partition coefficient (Wildman–Crippen LogP) is 2.38. The molecular weight excluding hydrogens is 412 g/mol. The lowest BCUT2D eigenvalue weighted by Gasteiger charge is -2.34. The van der Waals surface area contributed by atoms with E-state index in [1.807, 2.05) is 18.2 Å². The van der Waals surface area contributed by atoms with Crippen LogP contribution in [0.4, 0.5) is 0 Å². The molecule has 0 radical (unpaired) electrons. The lowest BCUT2D eigenvalue weighted by molar-refractivity contribution is 0.0627. The average Bonchev–Trinajstić information content (AvgIpc) is 2.68. The molecule has 1 fully saturated rings. The first-order valence-corrected chi connectivity index (χ1v) is 11.4. The number of nitrogens with zero attached hydrogens (tertiary/aromatic N) is 3. The van der Waals surface area contributed by atoms with Crippen LogP contribution in [0.1, 0.15) is 29.9 Å². The molecule has 3 rings (SSSR count). The van der Waals surface area contributed by atoms with Gasteiger partial charge in [0.2, 0.25) is 10.0 Å². The minimum Gasteiger partial charge on any atom is -0.336 e. The molecular formula is C20H25ClN4O3S. The number of carbonyl (C=O) groups is 1. The highest BCUT2D eigenvalue weighted by molar-refractivity contribution is 7.89. The van der Waals surface area contributed by atoms with Gasteiger partial charge in [-0.15, -0.1) is 0 Å². The zero-order valence-corrected chi connectivity index (χ0v) is 18.1. The van der Waals surface area contributed by atoms with Gasteiger partial charge in [0.15, 0.2) is 0 Å². The number of pyridine rings is 1. The highest BCUT2D eigenvalue weighted by Crippen LogP contribution is 2.23. The predicted molar refractivity (Wildman–Crippen MR) is 112 cm³/mol. The molecule has 0 atom stereocenters. The van der Waals surface area contributed by atoms with Crippen LogP contribution in [-0.2, 0) is 16.6 Å². The van der Waals surface area contributed by atoms with Gasteiger partial charge in [0.25, 0.3) is 5.91 Å². The van der Waals surface area contributed by atoms with E-state index in [4.69, 9.17) is 11.6 Å². The van der Waals surface area contributed by atoms with E-state index in [-0.39, 0.29) is 27.4 Å². The molecule has 29 heavy (non-hydrogen) atoms. The van der Waals surface area contributed by atoms with E-state index < -0.39 is 10.0 Å². The molecule has 2 heterocycles. The summed E-state index contributed by atoms with van der Waals surface area (Å²) in [4.78, 5) is 21.3. The molecule has 1 N–H and O–H groups in total. The number of hydrogen-bond acceptors (Lipinski definition) is 5. The van der Waals surface area contributed by atoms with Crippen molar-refractivity contribution in [2.75, 3.05) is 26.2 Å². The SMILES string of the molecule is CC(C)NS(=O)(=O)c1ccc(Cl)c(C(=O)N2CCN(Cc3ccccn3)CC2)c1. The molecule has 1 aliphatic rings. The smallest absolute Gasteiger partial charge is 0.255 e. The van der Waals surface area contributed by atoms with E-state index in [0.717, 1.165) is 12.2 Å². The Bertz CT molecular complexity index is 959. The zero-order chi connectivity index (χ0) is 21.0. The maximum atomic E-state index is 13.0. The van der Waals surface area contributed by atoms with Gasteiger partial charge in [0.05, 0.1) is 21.2 Å². The van der Waals surface area contributed by atoms with Crippen molar-refractivity contribution in [1.82, 2.24) is 19.5 Å². The Kier molecular flexibility index (Phi) is 6.89. The molecule has 0 unspecified atom stereocenters. The van der Waals surface area contributed by atoms with Crippen molar-refractivity contribution in [1.29, 1.82) is 0 Å². The number of nitrogens with one attached hydrogen (secondary N) is 1. The third-order valence-electron chi connectivity index (χ3n) is 4.64. The van der Waals surface area contributed by atoms with Crippen molar-refractivity contribution >= 4 is 27.5 Å². The summed E-state index contributed by atoms with van der Waals surface area (Å²) in [5, 5.41) is 0.245. The molecule has 0 saturated carbocycles. The number of aromatic nitrogens is 1. The van der Waals surface area contributed by atoms with Crippen LogP contribution in [0.2, 0.25) is 5.02 Å². The highest BCUT2D eigenvalue weighted by Gasteiger charge is 2.26. The summed E-state index contributed by atoms with van der Waals surface area (Å²) in [5.74, 6) is -0.255. The number of sulfonamides is 1. The van der Waals surface area contributed by atoms with Crippen LogP contribution in [0, 0.1) is 0 Å². The van der Waals surface area contributed by atoms with Crippen molar-refractivity contribution < 1.29 is 13.2 Å². The summed E-state index contributed by atoms with van der Waals surface area (Å²) in [5.41, 5.74) is 1.20. The minimum atomic E-state index is -3.70. The Balaban J connectivity index is 1.69. The molecule has 7 nitrogen and oxygen atoms in total. The fraction of sp³-hybridized carbons (Fsp3) is 0.400. The molecule has 1 amide bonds. The standard InChI is InChI=1S/C20H25ClN4O3S/c1-15(2)23-29(27,28)17-6-7-19(21)18(13-17)20(26)25-11-9-24(10-12-25)14-16-5-3-4-8-22-16/h3-8,13,15,23H,9-12,14H2,1-2H3. The maximum absolute atomic E-state index is 13.0. The van der Waals surface area contributed by atoms with Gasteiger partial charge in [-0.25, -0.2) is 13.1 Å². The summed E-state index contributed by atoms with van der Waals surface area (Å²) in [7, 11) is -3.70. The van der Waals surface area contributed by atoms with Crippen LogP contribution in [0.3, 0.4) is 0 Å². The second-order valence-electron chi connectivity index (χ2n) is 7.31. The Morgan fingerprint density at radius 2 is 1.90 bits per heavy atom. The number of benzene rings is 1. The van der Waals surface area contributed by atoms with Gasteiger partial charge in [0.1, 0.15) is 0 Å². The van der Waals surface area contributed by atoms with Crippen LogP contribution in [0.25, 0.3) is 0 Å². The lowest BCUT2D eigenvalue weighted by atomic mass is 10.1. The third-order valence-corrected chi connectivity index (χ3v) is 6.63. The van der Waals surface area contributed by atoms with Crippen molar-refractivity contribution in [3.05, 3.63) is 58.9 Å². The molecule has 0 bridgehead atoms. The van der Waals surface area contributed by atoms with Gasteiger partial charge in [-0.1, -0.05) is 17.7 Å². The van der Waals surface area contributed by atoms with Crippen molar-refractivity contribution in [3.63, 3.8) is 0 Å². The van der Waals surface area contributed by atoms with E-state index in [0.29, 0.717) is 26.2 Å². The van der Waals surface area contributed by atoms with E-state index >= 15 is 0 Å². The number of hydrogen-bond donors (Lipinski definition) is 1. The molecule has 0 aliphatic carbocycles. The van der Waals surface area contributed by atoms with E-state index in [2.05, 4.69) is 14.6 Å². The van der Waals surface area contributed by atoms with Gasteiger partial charge in [-0.05, 0) is 44.2 Å². The van der Waals surface area contributed by atoms with Crippen molar-refractivity contribution in [2.45, 2.75) is 31.3 Å². The van der Waals surface area contributed by atoms with E-state index in [9.17, 15) is 13.2 Å². The topological polar surface area (TPSA) is 82.6 Å². The normalized spacial score (nSPS) is 15.7. The van der Waals surface area contributed by atoms with Crippen LogP contribution in [0.5, 0.6) is 0 Å². The molecule has 1 saturated heterocycles. The number of amides is 1. The fourth-order valence-electron chi connectivity index (χ4n) is 3.21. The summed E-state index contributed by atoms with van der Waals surface area (Å²) in [6.45, 7) is 6.73. The minimum absolute atomic E-state index is 0.0349. The first-order chi connectivity index (χ1) is 13.8. The van der Waals surface area contributed by atoms with Crippen molar-refractivity contribution in [2.24, 2.45) is 0 Å². The zero-order valence-electron chi connectivity index (χ0n) is 16.5. The van der Waals surface area contributed by atoms with Gasteiger partial charge < -0.3 is 4.90 Å². The molecule has 1 aromatic carbocycles. The summed E-state index contributed by atoms with van der Waals surface area (Å²) < 4.78 is 27.4. The van der Waals surface area contributed by atoms with E-state index in [1.54, 1.807) is 24.9 Å².